The van der Waals surface area contributed by atoms with Crippen LogP contribution in [0.2, 0.25) is 0 Å². The zero-order valence-corrected chi connectivity index (χ0v) is 18.5. The summed E-state index contributed by atoms with van der Waals surface area (Å²) in [4.78, 5) is 23.2. The minimum absolute atomic E-state index is 0.199. The second kappa shape index (κ2) is 8.13. The van der Waals surface area contributed by atoms with Crippen LogP contribution >= 0.6 is 15.9 Å². The van der Waals surface area contributed by atoms with Crippen molar-refractivity contribution in [1.29, 1.82) is 0 Å². The molecule has 0 amide bonds. The van der Waals surface area contributed by atoms with Gasteiger partial charge < -0.3 is 25.1 Å². The third-order valence-electron chi connectivity index (χ3n) is 5.29. The van der Waals surface area contributed by atoms with E-state index in [9.17, 15) is 9.90 Å². The van der Waals surface area contributed by atoms with Crippen LogP contribution in [0, 0.1) is 0 Å². The number of ether oxygens (including phenoxy) is 1. The molecule has 9 nitrogen and oxygen atoms in total. The molecule has 0 spiro atoms. The lowest BCUT2D eigenvalue weighted by molar-refractivity contribution is 0.191. The summed E-state index contributed by atoms with van der Waals surface area (Å²) in [5.41, 5.74) is 3.74. The van der Waals surface area contributed by atoms with E-state index < -0.39 is 6.10 Å². The normalized spacial score (nSPS) is 12.3. The Morgan fingerprint density at radius 3 is 2.91 bits per heavy atom. The van der Waals surface area contributed by atoms with Gasteiger partial charge in [0.1, 0.15) is 17.1 Å². The molecule has 0 aliphatic carbocycles. The van der Waals surface area contributed by atoms with E-state index in [0.717, 1.165) is 26.4 Å². The van der Waals surface area contributed by atoms with Gasteiger partial charge in [-0.2, -0.15) is 5.10 Å². The molecule has 162 valence electrons. The van der Waals surface area contributed by atoms with E-state index in [0.29, 0.717) is 28.4 Å². The number of hydrogen-bond donors (Lipinski definition) is 5. The number of benzene rings is 2. The number of pyridine rings is 1. The summed E-state index contributed by atoms with van der Waals surface area (Å²) in [6, 6.07) is 10.9. The number of methoxy groups -OCH3 is 1. The van der Waals surface area contributed by atoms with Crippen LogP contribution < -0.4 is 15.6 Å². The molecule has 0 unspecified atom stereocenters. The molecule has 0 fully saturated rings. The van der Waals surface area contributed by atoms with Gasteiger partial charge in [0.05, 0.1) is 46.1 Å². The highest BCUT2D eigenvalue weighted by Gasteiger charge is 2.17. The summed E-state index contributed by atoms with van der Waals surface area (Å²) >= 11 is 3.43. The average molecular weight is 495 g/mol. The molecule has 1 atom stereocenters. The number of imidazole rings is 1. The number of hydrogen-bond acceptors (Lipinski definition) is 6. The van der Waals surface area contributed by atoms with E-state index in [-0.39, 0.29) is 12.1 Å². The number of nitrogens with zero attached hydrogens (tertiary/aromatic N) is 2. The number of aliphatic hydroxyl groups excluding tert-OH is 1. The molecule has 0 bridgehead atoms. The highest BCUT2D eigenvalue weighted by atomic mass is 79.9. The Morgan fingerprint density at radius 1 is 1.22 bits per heavy atom. The Kier molecular flexibility index (Phi) is 5.16. The van der Waals surface area contributed by atoms with Crippen LogP contribution in [-0.4, -0.2) is 43.9 Å². The first-order chi connectivity index (χ1) is 15.5. The monoisotopic (exact) mass is 494 g/mol. The Labute approximate surface area is 190 Å². The number of rotatable bonds is 6. The first-order valence-corrected chi connectivity index (χ1v) is 10.6. The number of aliphatic hydroxyl groups is 1. The van der Waals surface area contributed by atoms with Crippen LogP contribution in [0.15, 0.2) is 58.1 Å². The summed E-state index contributed by atoms with van der Waals surface area (Å²) in [6.45, 7) is 0.199. The molecule has 0 aliphatic rings. The number of fused-ring (bicyclic) bond motifs is 2. The number of aromatic nitrogens is 5. The first-order valence-electron chi connectivity index (χ1n) is 9.84. The third kappa shape index (κ3) is 3.63. The summed E-state index contributed by atoms with van der Waals surface area (Å²) in [5, 5.41) is 21.7. The lowest BCUT2D eigenvalue weighted by Crippen LogP contribution is -2.17. The largest absolute Gasteiger partial charge is 0.496 e. The number of halogens is 1. The Morgan fingerprint density at radius 2 is 2.09 bits per heavy atom. The molecule has 5 N–H and O–H groups in total. The van der Waals surface area contributed by atoms with Crippen molar-refractivity contribution in [2.45, 2.75) is 6.10 Å². The first kappa shape index (κ1) is 20.3. The molecule has 32 heavy (non-hydrogen) atoms. The molecule has 0 saturated carbocycles. The molecular weight excluding hydrogens is 476 g/mol. The lowest BCUT2D eigenvalue weighted by Gasteiger charge is -2.16. The van der Waals surface area contributed by atoms with E-state index in [1.807, 2.05) is 12.1 Å². The predicted molar refractivity (Wildman–Crippen MR) is 126 cm³/mol. The van der Waals surface area contributed by atoms with Gasteiger partial charge in [-0.05, 0) is 51.8 Å². The van der Waals surface area contributed by atoms with E-state index >= 15 is 0 Å². The highest BCUT2D eigenvalue weighted by molar-refractivity contribution is 9.10. The fourth-order valence-corrected chi connectivity index (χ4v) is 4.20. The minimum Gasteiger partial charge on any atom is -0.496 e. The topological polar surface area (TPSA) is 132 Å². The van der Waals surface area contributed by atoms with Crippen molar-refractivity contribution in [2.24, 2.45) is 0 Å². The number of nitrogens with one attached hydrogen (secondary N) is 4. The number of aromatic amines is 3. The van der Waals surface area contributed by atoms with Crippen molar-refractivity contribution in [1.82, 2.24) is 25.1 Å². The summed E-state index contributed by atoms with van der Waals surface area (Å²) in [6.07, 6.45) is 2.49. The quantitative estimate of drug-likeness (QED) is 0.244. The van der Waals surface area contributed by atoms with Crippen LogP contribution in [0.5, 0.6) is 5.75 Å². The van der Waals surface area contributed by atoms with E-state index in [1.54, 1.807) is 43.8 Å². The maximum Gasteiger partial charge on any atom is 0.261 e. The van der Waals surface area contributed by atoms with Gasteiger partial charge in [-0.1, -0.05) is 6.07 Å². The fraction of sp³-hybridized carbons (Fsp3) is 0.136. The van der Waals surface area contributed by atoms with Gasteiger partial charge in [-0.3, -0.25) is 9.89 Å². The smallest absolute Gasteiger partial charge is 0.261 e. The SMILES string of the molecule is COc1ccc([C@@H](O)CNc2cc[nH]c(=O)c2-c2nc3cc4cn[nH]c4cc3[nH]2)cc1Br. The molecule has 0 aliphatic heterocycles. The van der Waals surface area contributed by atoms with E-state index in [4.69, 9.17) is 4.74 Å². The van der Waals surface area contributed by atoms with Gasteiger partial charge in [0, 0.05) is 18.1 Å². The molecule has 10 heteroatoms. The third-order valence-corrected chi connectivity index (χ3v) is 5.91. The Bertz CT molecular complexity index is 1440. The van der Waals surface area contributed by atoms with Gasteiger partial charge >= 0.3 is 0 Å². The van der Waals surface area contributed by atoms with E-state index in [2.05, 4.69) is 46.4 Å². The van der Waals surface area contributed by atoms with Crippen molar-refractivity contribution in [3.63, 3.8) is 0 Å². The van der Waals surface area contributed by atoms with Gasteiger partial charge in [-0.25, -0.2) is 4.98 Å². The maximum absolute atomic E-state index is 12.7. The van der Waals surface area contributed by atoms with Crippen LogP contribution in [0.25, 0.3) is 33.3 Å². The summed E-state index contributed by atoms with van der Waals surface area (Å²) in [5.74, 6) is 1.12. The van der Waals surface area contributed by atoms with Crippen molar-refractivity contribution in [3.8, 4) is 17.1 Å². The van der Waals surface area contributed by atoms with Crippen molar-refractivity contribution in [2.75, 3.05) is 19.0 Å². The van der Waals surface area contributed by atoms with Gasteiger partial charge in [0.15, 0.2) is 0 Å². The predicted octanol–water partition coefficient (Wildman–Crippen LogP) is 3.71. The summed E-state index contributed by atoms with van der Waals surface area (Å²) < 4.78 is 5.99. The summed E-state index contributed by atoms with van der Waals surface area (Å²) in [7, 11) is 1.59. The maximum atomic E-state index is 12.7. The van der Waals surface area contributed by atoms with Crippen molar-refractivity contribution in [3.05, 3.63) is 69.2 Å². The zero-order valence-electron chi connectivity index (χ0n) is 16.9. The molecule has 5 aromatic rings. The van der Waals surface area contributed by atoms with Crippen LogP contribution in [0.3, 0.4) is 0 Å². The molecular formula is C22H19BrN6O3. The van der Waals surface area contributed by atoms with Crippen LogP contribution in [-0.2, 0) is 0 Å². The standard InChI is InChI=1S/C22H19BrN6O3/c1-32-19-3-2-11(6-13(19)23)18(30)10-25-14-4-5-24-22(31)20(14)21-27-16-7-12-9-26-29-15(12)8-17(16)28-21/h2-9,18,30H,10H2,1H3,(H,26,29)(H,27,28)(H2,24,25,31)/t18-/m0/s1. The van der Waals surface area contributed by atoms with E-state index in [1.165, 1.54) is 0 Å². The molecule has 0 saturated heterocycles. The second-order valence-corrected chi connectivity index (χ2v) is 8.15. The van der Waals surface area contributed by atoms with Crippen LogP contribution in [0.1, 0.15) is 11.7 Å². The molecule has 5 rings (SSSR count). The Hall–Kier alpha value is -3.63. The van der Waals surface area contributed by atoms with Gasteiger partial charge in [0.25, 0.3) is 5.56 Å². The van der Waals surface area contributed by atoms with Crippen LogP contribution in [0.4, 0.5) is 5.69 Å². The second-order valence-electron chi connectivity index (χ2n) is 7.30. The fourth-order valence-electron chi connectivity index (χ4n) is 3.64. The number of H-pyrrole nitrogens is 3. The minimum atomic E-state index is -0.798. The number of anilines is 1. The van der Waals surface area contributed by atoms with Crippen molar-refractivity contribution >= 4 is 43.6 Å². The Balaban J connectivity index is 1.45. The molecule has 0 radical (unpaired) electrons. The van der Waals surface area contributed by atoms with Gasteiger partial charge in [0.2, 0.25) is 0 Å². The van der Waals surface area contributed by atoms with Gasteiger partial charge in [-0.15, -0.1) is 0 Å². The van der Waals surface area contributed by atoms with Crippen molar-refractivity contribution < 1.29 is 9.84 Å². The molecule has 2 aromatic carbocycles. The highest BCUT2D eigenvalue weighted by Crippen LogP contribution is 2.29. The molecule has 3 heterocycles. The lowest BCUT2D eigenvalue weighted by atomic mass is 10.1. The molecule has 3 aromatic heterocycles. The average Bonchev–Trinajstić information content (AvgIpc) is 3.41. The zero-order chi connectivity index (χ0) is 22.2.